The van der Waals surface area contributed by atoms with E-state index in [4.69, 9.17) is 9.40 Å². The Labute approximate surface area is 205 Å². The number of nitrogens with one attached hydrogen (secondary N) is 3. The summed E-state index contributed by atoms with van der Waals surface area (Å²) in [5, 5.41) is 11.2. The molecule has 0 fully saturated rings. The molecule has 0 unspecified atom stereocenters. The predicted octanol–water partition coefficient (Wildman–Crippen LogP) is 5.20. The molecule has 0 atom stereocenters. The summed E-state index contributed by atoms with van der Waals surface area (Å²) in [6.45, 7) is 5.59. The number of anilines is 1. The van der Waals surface area contributed by atoms with Gasteiger partial charge in [-0.05, 0) is 24.3 Å². The van der Waals surface area contributed by atoms with Gasteiger partial charge in [0.25, 0.3) is 0 Å². The largest absolute Gasteiger partial charge is 0.472 e. The predicted molar refractivity (Wildman–Crippen MR) is 136 cm³/mol. The molecule has 3 N–H and O–H groups in total. The van der Waals surface area contributed by atoms with Gasteiger partial charge in [0.05, 0.1) is 29.8 Å². The molecule has 1 amide bonds. The number of furan rings is 1. The Bertz CT molecular complexity index is 1720. The third kappa shape index (κ3) is 3.78. The lowest BCUT2D eigenvalue weighted by molar-refractivity contribution is -0.123. The molecule has 6 rings (SSSR count). The van der Waals surface area contributed by atoms with Crippen LogP contribution >= 0.6 is 0 Å². The molecule has 0 aliphatic carbocycles. The number of pyridine rings is 3. The molecule has 0 aliphatic heterocycles. The number of fused-ring (bicyclic) bond motifs is 2. The summed E-state index contributed by atoms with van der Waals surface area (Å²) in [5.74, 6) is 0.489. The van der Waals surface area contributed by atoms with Crippen LogP contribution in [-0.4, -0.2) is 41.0 Å². The Morgan fingerprint density at radius 2 is 1.86 bits per heavy atom. The first-order valence-electron chi connectivity index (χ1n) is 11.4. The fraction of sp³-hybridized carbons (Fsp3) is 0.154. The molecule has 0 radical (unpaired) electrons. The number of hydrogen-bond donors (Lipinski definition) is 3. The van der Waals surface area contributed by atoms with Gasteiger partial charge >= 0.3 is 0 Å². The molecule has 6 aromatic rings. The van der Waals surface area contributed by atoms with Crippen molar-refractivity contribution in [2.75, 3.05) is 5.32 Å². The molecule has 0 bridgehead atoms. The number of rotatable bonds is 4. The van der Waals surface area contributed by atoms with Crippen LogP contribution < -0.4 is 5.32 Å². The van der Waals surface area contributed by atoms with E-state index in [1.165, 1.54) is 0 Å². The van der Waals surface area contributed by atoms with Gasteiger partial charge in [0.2, 0.25) is 5.91 Å². The Hall–Kier alpha value is -4.86. The summed E-state index contributed by atoms with van der Waals surface area (Å²) in [7, 11) is 0. The highest BCUT2D eigenvalue weighted by Crippen LogP contribution is 2.32. The molecule has 0 saturated heterocycles. The zero-order valence-electron chi connectivity index (χ0n) is 19.8. The van der Waals surface area contributed by atoms with Gasteiger partial charge in [-0.2, -0.15) is 5.10 Å². The monoisotopic (exact) mass is 478 g/mol. The second-order valence-corrected chi connectivity index (χ2v) is 9.51. The zero-order chi connectivity index (χ0) is 24.9. The lowest BCUT2D eigenvalue weighted by Crippen LogP contribution is -2.27. The van der Waals surface area contributed by atoms with Crippen LogP contribution in [0.1, 0.15) is 20.8 Å². The summed E-state index contributed by atoms with van der Waals surface area (Å²) in [6.07, 6.45) is 10.1. The Kier molecular flexibility index (Phi) is 4.89. The number of aromatic nitrogens is 7. The van der Waals surface area contributed by atoms with E-state index in [1.54, 1.807) is 37.3 Å². The molecular formula is C26H22N8O2. The summed E-state index contributed by atoms with van der Waals surface area (Å²) in [4.78, 5) is 33.8. The minimum absolute atomic E-state index is 0.0829. The minimum atomic E-state index is -0.513. The minimum Gasteiger partial charge on any atom is -0.472 e. The van der Waals surface area contributed by atoms with E-state index in [0.29, 0.717) is 28.5 Å². The number of carbonyl (C=O) groups is 1. The first-order chi connectivity index (χ1) is 17.4. The Balaban J connectivity index is 1.40. The Morgan fingerprint density at radius 3 is 2.67 bits per heavy atom. The molecule has 36 heavy (non-hydrogen) atoms. The van der Waals surface area contributed by atoms with E-state index in [1.807, 2.05) is 45.0 Å². The van der Waals surface area contributed by atoms with Gasteiger partial charge in [-0.15, -0.1) is 0 Å². The van der Waals surface area contributed by atoms with Crippen LogP contribution in [0.3, 0.4) is 0 Å². The highest BCUT2D eigenvalue weighted by atomic mass is 16.3. The topological polar surface area (TPSA) is 138 Å². The molecule has 0 spiro atoms. The Morgan fingerprint density at radius 1 is 1.00 bits per heavy atom. The number of amides is 1. The van der Waals surface area contributed by atoms with Gasteiger partial charge in [-0.25, -0.2) is 15.0 Å². The van der Waals surface area contributed by atoms with Gasteiger partial charge in [-0.3, -0.25) is 14.9 Å². The van der Waals surface area contributed by atoms with Crippen molar-refractivity contribution in [2.24, 2.45) is 5.41 Å². The number of nitrogens with zero attached hydrogens (tertiary/aromatic N) is 5. The summed E-state index contributed by atoms with van der Waals surface area (Å²) < 4.78 is 5.24. The lowest BCUT2D eigenvalue weighted by Gasteiger charge is -2.17. The average Bonchev–Trinajstić information content (AvgIpc) is 3.62. The molecule has 0 aliphatic rings. The van der Waals surface area contributed by atoms with Gasteiger partial charge in [0.15, 0.2) is 17.1 Å². The fourth-order valence-electron chi connectivity index (χ4n) is 3.90. The molecule has 0 aromatic carbocycles. The van der Waals surface area contributed by atoms with Crippen molar-refractivity contribution in [3.8, 4) is 33.8 Å². The highest BCUT2D eigenvalue weighted by molar-refractivity contribution is 5.97. The fourth-order valence-corrected chi connectivity index (χ4v) is 3.90. The molecule has 0 saturated carbocycles. The SMILES string of the molecule is CC(C)(C)C(=O)Nc1cncc(-c2cnc3[nH]nc(-c4nc5c(-c6ccoc6)ccnc5[nH]4)c3c2)c1. The van der Waals surface area contributed by atoms with Gasteiger partial charge in [-0.1, -0.05) is 20.8 Å². The molecule has 178 valence electrons. The number of H-pyrrole nitrogens is 2. The molecule has 6 aromatic heterocycles. The number of carbonyl (C=O) groups excluding carboxylic acids is 1. The van der Waals surface area contributed by atoms with Gasteiger partial charge < -0.3 is 14.7 Å². The van der Waals surface area contributed by atoms with Crippen LogP contribution in [0.25, 0.3) is 56.0 Å². The standard InChI is InChI=1S/C26H22N8O2/c1-26(2,3)25(35)30-17-8-15(10-27-12-17)16-9-19-21(33-34-22(19)29-11-16)24-31-20-18(14-5-7-36-13-14)4-6-28-23(20)32-24/h4-13H,1-3H3,(H,30,35)(H,28,31,32)(H,29,33,34). The average molecular weight is 479 g/mol. The van der Waals surface area contributed by atoms with Gasteiger partial charge in [0.1, 0.15) is 11.2 Å². The van der Waals surface area contributed by atoms with Crippen LogP contribution in [0.2, 0.25) is 0 Å². The van der Waals surface area contributed by atoms with E-state index < -0.39 is 5.41 Å². The lowest BCUT2D eigenvalue weighted by atomic mass is 9.95. The quantitative estimate of drug-likeness (QED) is 0.316. The highest BCUT2D eigenvalue weighted by Gasteiger charge is 2.22. The van der Waals surface area contributed by atoms with Crippen molar-refractivity contribution in [1.82, 2.24) is 35.1 Å². The second kappa shape index (κ2) is 8.12. The van der Waals surface area contributed by atoms with Crippen LogP contribution in [0.15, 0.2) is 66.0 Å². The number of imidazole rings is 1. The number of aromatic amines is 2. The van der Waals surface area contributed by atoms with Crippen LogP contribution in [0, 0.1) is 5.41 Å². The van der Waals surface area contributed by atoms with Crippen LogP contribution in [0.5, 0.6) is 0 Å². The summed E-state index contributed by atoms with van der Waals surface area (Å²) in [5.41, 5.74) is 6.21. The third-order valence-electron chi connectivity index (χ3n) is 5.87. The van der Waals surface area contributed by atoms with Crippen molar-refractivity contribution >= 4 is 33.8 Å². The van der Waals surface area contributed by atoms with E-state index in [2.05, 4.69) is 35.5 Å². The summed E-state index contributed by atoms with van der Waals surface area (Å²) in [6, 6.07) is 7.64. The van der Waals surface area contributed by atoms with Crippen molar-refractivity contribution in [3.63, 3.8) is 0 Å². The zero-order valence-corrected chi connectivity index (χ0v) is 19.8. The van der Waals surface area contributed by atoms with E-state index >= 15 is 0 Å². The maximum atomic E-state index is 12.4. The number of hydrogen-bond acceptors (Lipinski definition) is 7. The maximum absolute atomic E-state index is 12.4. The van der Waals surface area contributed by atoms with Crippen molar-refractivity contribution in [2.45, 2.75) is 20.8 Å². The van der Waals surface area contributed by atoms with Crippen molar-refractivity contribution in [1.29, 1.82) is 0 Å². The first-order valence-corrected chi connectivity index (χ1v) is 11.4. The second-order valence-electron chi connectivity index (χ2n) is 9.51. The molecule has 10 heteroatoms. The van der Waals surface area contributed by atoms with Crippen LogP contribution in [-0.2, 0) is 4.79 Å². The first kappa shape index (κ1) is 21.7. The smallest absolute Gasteiger partial charge is 0.229 e. The molecule has 6 heterocycles. The molecule has 10 nitrogen and oxygen atoms in total. The maximum Gasteiger partial charge on any atom is 0.229 e. The van der Waals surface area contributed by atoms with E-state index in [0.717, 1.165) is 33.2 Å². The molecular weight excluding hydrogens is 456 g/mol. The third-order valence-corrected chi connectivity index (χ3v) is 5.87. The summed E-state index contributed by atoms with van der Waals surface area (Å²) >= 11 is 0. The van der Waals surface area contributed by atoms with E-state index in [9.17, 15) is 4.79 Å². The van der Waals surface area contributed by atoms with E-state index in [-0.39, 0.29) is 5.91 Å². The normalized spacial score (nSPS) is 11.9. The van der Waals surface area contributed by atoms with Crippen molar-refractivity contribution < 1.29 is 9.21 Å². The van der Waals surface area contributed by atoms with Gasteiger partial charge in [0, 0.05) is 46.3 Å². The van der Waals surface area contributed by atoms with Crippen LogP contribution in [0.4, 0.5) is 5.69 Å². The van der Waals surface area contributed by atoms with Crippen molar-refractivity contribution in [3.05, 3.63) is 61.6 Å².